The van der Waals surface area contributed by atoms with Gasteiger partial charge in [-0.15, -0.1) is 0 Å². The second-order valence-electron chi connectivity index (χ2n) is 2.87. The van der Waals surface area contributed by atoms with Crippen molar-refractivity contribution in [3.63, 3.8) is 0 Å². The number of nitrogens with two attached hydrogens (primary N) is 2. The molecule has 1 heterocycles. The third-order valence-electron chi connectivity index (χ3n) is 2.08. The molecule has 0 unspecified atom stereocenters. The van der Waals surface area contributed by atoms with Crippen LogP contribution in [0.15, 0.2) is 0 Å². The van der Waals surface area contributed by atoms with Crippen LogP contribution in [0, 0.1) is 13.8 Å². The van der Waals surface area contributed by atoms with Gasteiger partial charge in [0.05, 0.1) is 12.2 Å². The monoisotopic (exact) mass is 168 g/mol. The van der Waals surface area contributed by atoms with Crippen molar-refractivity contribution in [2.45, 2.75) is 26.9 Å². The van der Waals surface area contributed by atoms with Gasteiger partial charge in [-0.1, -0.05) is 0 Å². The maximum absolute atomic E-state index is 5.58. The summed E-state index contributed by atoms with van der Waals surface area (Å²) in [4.78, 5) is 0. The number of hydrogen-bond acceptors (Lipinski definition) is 3. The summed E-state index contributed by atoms with van der Waals surface area (Å²) in [5, 5.41) is 4.33. The highest BCUT2D eigenvalue weighted by Crippen LogP contribution is 2.11. The van der Waals surface area contributed by atoms with Gasteiger partial charge in [-0.25, -0.2) is 0 Å². The largest absolute Gasteiger partial charge is 0.329 e. The molecule has 0 aromatic carbocycles. The lowest BCUT2D eigenvalue weighted by Crippen LogP contribution is -2.12. The van der Waals surface area contributed by atoms with Gasteiger partial charge >= 0.3 is 0 Å². The molecule has 0 saturated carbocycles. The van der Waals surface area contributed by atoms with Crippen molar-refractivity contribution in [1.82, 2.24) is 9.78 Å². The average molecular weight is 168 g/mol. The molecular weight excluding hydrogens is 152 g/mol. The fourth-order valence-corrected chi connectivity index (χ4v) is 1.37. The van der Waals surface area contributed by atoms with E-state index in [0.29, 0.717) is 13.1 Å². The maximum Gasteiger partial charge on any atom is 0.0641 e. The smallest absolute Gasteiger partial charge is 0.0641 e. The number of aryl methyl sites for hydroxylation is 1. The van der Waals surface area contributed by atoms with E-state index in [1.807, 2.05) is 18.5 Å². The van der Waals surface area contributed by atoms with Crippen LogP contribution in [0.25, 0.3) is 0 Å². The second-order valence-corrected chi connectivity index (χ2v) is 2.87. The average Bonchev–Trinajstić information content (AvgIpc) is 2.29. The van der Waals surface area contributed by atoms with Crippen LogP contribution >= 0.6 is 0 Å². The summed E-state index contributed by atoms with van der Waals surface area (Å²) in [6.07, 6.45) is 0. The zero-order valence-electron chi connectivity index (χ0n) is 7.67. The molecule has 0 saturated heterocycles. The summed E-state index contributed by atoms with van der Waals surface area (Å²) >= 11 is 0. The van der Waals surface area contributed by atoms with Gasteiger partial charge in [0.15, 0.2) is 0 Å². The first-order valence-corrected chi connectivity index (χ1v) is 4.13. The van der Waals surface area contributed by atoms with Gasteiger partial charge in [-0.05, 0) is 13.8 Å². The van der Waals surface area contributed by atoms with Gasteiger partial charge in [0.25, 0.3) is 0 Å². The molecule has 0 aliphatic rings. The van der Waals surface area contributed by atoms with E-state index in [-0.39, 0.29) is 0 Å². The maximum atomic E-state index is 5.58. The van der Waals surface area contributed by atoms with Gasteiger partial charge in [0.1, 0.15) is 0 Å². The Balaban J connectivity index is 3.00. The zero-order valence-corrected chi connectivity index (χ0v) is 7.67. The van der Waals surface area contributed by atoms with E-state index in [4.69, 9.17) is 11.5 Å². The van der Waals surface area contributed by atoms with Crippen molar-refractivity contribution < 1.29 is 0 Å². The molecule has 0 aliphatic heterocycles. The van der Waals surface area contributed by atoms with Crippen LogP contribution in [0.3, 0.4) is 0 Å². The van der Waals surface area contributed by atoms with Crippen molar-refractivity contribution in [3.8, 4) is 0 Å². The highest BCUT2D eigenvalue weighted by Gasteiger charge is 2.08. The number of nitrogens with zero attached hydrogens (tertiary/aromatic N) is 2. The van der Waals surface area contributed by atoms with Crippen molar-refractivity contribution in [3.05, 3.63) is 17.0 Å². The number of aromatic nitrogens is 2. The van der Waals surface area contributed by atoms with Crippen LogP contribution in [0.1, 0.15) is 17.0 Å². The van der Waals surface area contributed by atoms with Gasteiger partial charge in [-0.2, -0.15) is 5.10 Å². The van der Waals surface area contributed by atoms with Crippen LogP contribution in [0.5, 0.6) is 0 Å². The summed E-state index contributed by atoms with van der Waals surface area (Å²) < 4.78 is 1.91. The van der Waals surface area contributed by atoms with Gasteiger partial charge in [0.2, 0.25) is 0 Å². The SMILES string of the molecule is Cc1nn(CCN)c(C)c1CN. The molecule has 0 fully saturated rings. The minimum absolute atomic E-state index is 0.558. The van der Waals surface area contributed by atoms with Crippen LogP contribution in [-0.2, 0) is 13.1 Å². The molecule has 0 bridgehead atoms. The molecular formula is C8H16N4. The van der Waals surface area contributed by atoms with Gasteiger partial charge in [-0.3, -0.25) is 4.68 Å². The Labute approximate surface area is 72.5 Å². The molecule has 0 atom stereocenters. The van der Waals surface area contributed by atoms with Crippen molar-refractivity contribution in [2.75, 3.05) is 6.54 Å². The minimum Gasteiger partial charge on any atom is -0.329 e. The molecule has 0 radical (unpaired) electrons. The first-order chi connectivity index (χ1) is 5.70. The third kappa shape index (κ3) is 1.49. The molecule has 0 amide bonds. The highest BCUT2D eigenvalue weighted by atomic mass is 15.3. The first-order valence-electron chi connectivity index (χ1n) is 4.13. The van der Waals surface area contributed by atoms with E-state index >= 15 is 0 Å². The van der Waals surface area contributed by atoms with Gasteiger partial charge < -0.3 is 11.5 Å². The minimum atomic E-state index is 0.558. The summed E-state index contributed by atoms with van der Waals surface area (Å²) in [5.41, 5.74) is 14.3. The Morgan fingerprint density at radius 1 is 1.33 bits per heavy atom. The molecule has 4 heteroatoms. The fourth-order valence-electron chi connectivity index (χ4n) is 1.37. The Morgan fingerprint density at radius 3 is 2.42 bits per heavy atom. The third-order valence-corrected chi connectivity index (χ3v) is 2.08. The van der Waals surface area contributed by atoms with E-state index in [1.165, 1.54) is 0 Å². The van der Waals surface area contributed by atoms with E-state index < -0.39 is 0 Å². The second kappa shape index (κ2) is 3.69. The van der Waals surface area contributed by atoms with Crippen LogP contribution < -0.4 is 11.5 Å². The van der Waals surface area contributed by atoms with E-state index in [9.17, 15) is 0 Å². The first kappa shape index (κ1) is 9.22. The Bertz CT molecular complexity index is 264. The van der Waals surface area contributed by atoms with Crippen LogP contribution in [-0.4, -0.2) is 16.3 Å². The fraction of sp³-hybridized carbons (Fsp3) is 0.625. The number of hydrogen-bond donors (Lipinski definition) is 2. The van der Waals surface area contributed by atoms with E-state index in [0.717, 1.165) is 23.5 Å². The standard InChI is InChI=1S/C8H16N4/c1-6-8(5-10)7(2)12(11-6)4-3-9/h3-5,9-10H2,1-2H3. The highest BCUT2D eigenvalue weighted by molar-refractivity contribution is 5.23. The van der Waals surface area contributed by atoms with Crippen LogP contribution in [0.2, 0.25) is 0 Å². The summed E-state index contributed by atoms with van der Waals surface area (Å²) in [7, 11) is 0. The molecule has 12 heavy (non-hydrogen) atoms. The summed E-state index contributed by atoms with van der Waals surface area (Å²) in [5.74, 6) is 0. The molecule has 68 valence electrons. The lowest BCUT2D eigenvalue weighted by Gasteiger charge is -2.01. The van der Waals surface area contributed by atoms with Crippen molar-refractivity contribution in [1.29, 1.82) is 0 Å². The Hall–Kier alpha value is -0.870. The predicted octanol–water partition coefficient (Wildman–Crippen LogP) is -0.0827. The Morgan fingerprint density at radius 2 is 2.00 bits per heavy atom. The Kier molecular flexibility index (Phi) is 2.83. The van der Waals surface area contributed by atoms with Crippen LogP contribution in [0.4, 0.5) is 0 Å². The van der Waals surface area contributed by atoms with Gasteiger partial charge in [0, 0.05) is 24.3 Å². The molecule has 0 aliphatic carbocycles. The van der Waals surface area contributed by atoms with Crippen molar-refractivity contribution >= 4 is 0 Å². The topological polar surface area (TPSA) is 69.9 Å². The predicted molar refractivity (Wildman–Crippen MR) is 48.6 cm³/mol. The lowest BCUT2D eigenvalue weighted by molar-refractivity contribution is 0.603. The lowest BCUT2D eigenvalue weighted by atomic mass is 10.2. The molecule has 0 spiro atoms. The van der Waals surface area contributed by atoms with E-state index in [2.05, 4.69) is 5.10 Å². The normalized spacial score (nSPS) is 10.7. The molecule has 1 rings (SSSR count). The molecule has 4 N–H and O–H groups in total. The van der Waals surface area contributed by atoms with Crippen molar-refractivity contribution in [2.24, 2.45) is 11.5 Å². The zero-order chi connectivity index (χ0) is 9.14. The molecule has 4 nitrogen and oxygen atoms in total. The quantitative estimate of drug-likeness (QED) is 0.663. The molecule has 1 aromatic heterocycles. The summed E-state index contributed by atoms with van der Waals surface area (Å²) in [6, 6.07) is 0. The number of rotatable bonds is 3. The van der Waals surface area contributed by atoms with E-state index in [1.54, 1.807) is 0 Å². The summed E-state index contributed by atoms with van der Waals surface area (Å²) in [6.45, 7) is 5.95. The molecule has 1 aromatic rings.